The lowest BCUT2D eigenvalue weighted by atomic mass is 10.1. The molecule has 37 heavy (non-hydrogen) atoms. The van der Waals surface area contributed by atoms with Gasteiger partial charge in [-0.05, 0) is 36.0 Å². The normalized spacial score (nSPS) is 16.7. The van der Waals surface area contributed by atoms with E-state index in [-0.39, 0.29) is 26.7 Å². The average Bonchev–Trinajstić information content (AvgIpc) is 3.49. The van der Waals surface area contributed by atoms with Gasteiger partial charge in [0.2, 0.25) is 19.4 Å². The molecule has 0 saturated carbocycles. The lowest BCUT2D eigenvalue weighted by Gasteiger charge is -2.19. The summed E-state index contributed by atoms with van der Waals surface area (Å²) in [4.78, 5) is 16.8. The van der Waals surface area contributed by atoms with Crippen LogP contribution in [0.3, 0.4) is 0 Å². The Bertz CT molecular complexity index is 1620. The third kappa shape index (κ3) is 4.77. The molecule has 0 atom stereocenters. The van der Waals surface area contributed by atoms with Gasteiger partial charge in [-0.25, -0.2) is 8.42 Å². The fraction of sp³-hybridized carbons (Fsp3) is 0.200. The van der Waals surface area contributed by atoms with Crippen LogP contribution in [0.1, 0.15) is 12.5 Å². The summed E-state index contributed by atoms with van der Waals surface area (Å²) in [6.07, 6.45) is 3.49. The van der Waals surface area contributed by atoms with Crippen molar-refractivity contribution in [3.63, 3.8) is 0 Å². The van der Waals surface area contributed by atoms with Crippen LogP contribution in [0.5, 0.6) is 11.5 Å². The molecule has 3 aromatic rings. The fourth-order valence-electron chi connectivity index (χ4n) is 3.91. The van der Waals surface area contributed by atoms with Gasteiger partial charge in [0.15, 0.2) is 5.84 Å². The molecule has 0 spiro atoms. The highest BCUT2D eigenvalue weighted by Crippen LogP contribution is 2.32. The lowest BCUT2D eigenvalue weighted by Crippen LogP contribution is -2.35. The number of carbonyl (C=O) groups excluding carboxylic acids is 1. The number of aliphatic imine (C=N–C) groups is 1. The van der Waals surface area contributed by atoms with Gasteiger partial charge in [-0.1, -0.05) is 31.2 Å². The van der Waals surface area contributed by atoms with Gasteiger partial charge in [0.25, 0.3) is 5.91 Å². The van der Waals surface area contributed by atoms with Crippen molar-refractivity contribution < 1.29 is 22.7 Å². The zero-order chi connectivity index (χ0) is 26.2. The van der Waals surface area contributed by atoms with E-state index >= 15 is 0 Å². The molecule has 0 unspecified atom stereocenters. The fourth-order valence-corrected chi connectivity index (χ4v) is 6.07. The minimum atomic E-state index is -3.59. The highest BCUT2D eigenvalue weighted by molar-refractivity contribution is 8.42. The number of sulfone groups is 1. The zero-order valence-corrected chi connectivity index (χ0v) is 21.7. The molecule has 3 heterocycles. The molecule has 10 nitrogen and oxygen atoms in total. The van der Waals surface area contributed by atoms with E-state index in [1.807, 2.05) is 59.3 Å². The Hall–Kier alpha value is -3.90. The number of rotatable bonds is 7. The van der Waals surface area contributed by atoms with Crippen LogP contribution in [0, 0.1) is 5.41 Å². The lowest BCUT2D eigenvalue weighted by molar-refractivity contribution is -0.114. The average molecular weight is 538 g/mol. The van der Waals surface area contributed by atoms with Gasteiger partial charge in [-0.3, -0.25) is 10.2 Å². The number of hydrazone groups is 1. The maximum Gasteiger partial charge on any atom is 0.283 e. The standard InChI is InChI=1S/C25H23N5O5S2/c1-3-37(32,33)25-28-30-22(26)20(23(31)27-24(30)36-25)13-16-15-29(21-10-5-4-9-19(16)21)11-12-35-18-8-6-7-17(14-18)34-2/h4-10,13-15,26H,3,11-12H2,1-2H3/b20-13-,26-22?. The molecule has 0 radical (unpaired) electrons. The summed E-state index contributed by atoms with van der Waals surface area (Å²) in [6.45, 7) is 2.45. The molecule has 0 fully saturated rings. The molecule has 1 aromatic heterocycles. The SMILES string of the molecule is CCS(=O)(=O)C1=NN2C(=N)/C(=C/c3cn(CCOc4cccc(OC)c4)c4ccccc34)C(=O)N=C2S1. The van der Waals surface area contributed by atoms with Crippen molar-refractivity contribution in [3.05, 3.63) is 65.9 Å². The minimum absolute atomic E-state index is 0.0266. The summed E-state index contributed by atoms with van der Waals surface area (Å²) in [5, 5.41) is 14.7. The van der Waals surface area contributed by atoms with Gasteiger partial charge in [-0.2, -0.15) is 10.0 Å². The van der Waals surface area contributed by atoms with Gasteiger partial charge < -0.3 is 14.0 Å². The van der Waals surface area contributed by atoms with Crippen LogP contribution in [0.2, 0.25) is 0 Å². The third-order valence-electron chi connectivity index (χ3n) is 5.84. The number of thioether (sulfide) groups is 1. The molecule has 190 valence electrons. The number of hydrogen-bond acceptors (Lipinski definition) is 8. The number of amidine groups is 2. The second-order valence-corrected chi connectivity index (χ2v) is 11.5. The predicted octanol–water partition coefficient (Wildman–Crippen LogP) is 3.74. The van der Waals surface area contributed by atoms with Crippen LogP contribution < -0.4 is 9.47 Å². The summed E-state index contributed by atoms with van der Waals surface area (Å²) >= 11 is 0.781. The van der Waals surface area contributed by atoms with E-state index in [0.717, 1.165) is 33.2 Å². The van der Waals surface area contributed by atoms with E-state index in [0.29, 0.717) is 24.7 Å². The van der Waals surface area contributed by atoms with E-state index in [1.165, 1.54) is 6.92 Å². The quantitative estimate of drug-likeness (QED) is 0.455. The smallest absolute Gasteiger partial charge is 0.283 e. The predicted molar refractivity (Wildman–Crippen MR) is 145 cm³/mol. The molecular weight excluding hydrogens is 514 g/mol. The molecule has 12 heteroatoms. The molecule has 1 N–H and O–H groups in total. The first-order chi connectivity index (χ1) is 17.8. The Balaban J connectivity index is 1.42. The first-order valence-electron chi connectivity index (χ1n) is 11.4. The van der Waals surface area contributed by atoms with Gasteiger partial charge in [0, 0.05) is 28.7 Å². The number of carbonyl (C=O) groups is 1. The zero-order valence-electron chi connectivity index (χ0n) is 20.0. The van der Waals surface area contributed by atoms with E-state index in [4.69, 9.17) is 14.9 Å². The summed E-state index contributed by atoms with van der Waals surface area (Å²) < 4.78 is 37.5. The summed E-state index contributed by atoms with van der Waals surface area (Å²) in [5.74, 6) is 0.435. The second-order valence-electron chi connectivity index (χ2n) is 8.11. The van der Waals surface area contributed by atoms with E-state index < -0.39 is 15.7 Å². The maximum absolute atomic E-state index is 12.8. The van der Waals surface area contributed by atoms with Crippen molar-refractivity contribution >= 4 is 59.9 Å². The third-order valence-corrected chi connectivity index (χ3v) is 8.93. The number of nitrogens with zero attached hydrogens (tertiary/aromatic N) is 4. The van der Waals surface area contributed by atoms with Crippen molar-refractivity contribution in [1.29, 1.82) is 5.41 Å². The van der Waals surface area contributed by atoms with Crippen molar-refractivity contribution in [2.75, 3.05) is 19.5 Å². The van der Waals surface area contributed by atoms with Crippen molar-refractivity contribution in [2.24, 2.45) is 10.1 Å². The van der Waals surface area contributed by atoms with Gasteiger partial charge >= 0.3 is 0 Å². The molecule has 5 rings (SSSR count). The molecular formula is C25H23N5O5S2. The van der Waals surface area contributed by atoms with Crippen LogP contribution in [0.4, 0.5) is 0 Å². The number of nitrogens with one attached hydrogen (secondary N) is 1. The first-order valence-corrected chi connectivity index (χ1v) is 13.9. The summed E-state index contributed by atoms with van der Waals surface area (Å²) in [6, 6.07) is 15.1. The number of aromatic nitrogens is 1. The minimum Gasteiger partial charge on any atom is -0.497 e. The molecule has 0 bridgehead atoms. The Morgan fingerprint density at radius 3 is 2.70 bits per heavy atom. The van der Waals surface area contributed by atoms with Gasteiger partial charge in [-0.15, -0.1) is 5.10 Å². The number of benzene rings is 2. The Kier molecular flexibility index (Phi) is 6.61. The molecule has 2 aliphatic rings. The van der Waals surface area contributed by atoms with Crippen LogP contribution in [-0.2, 0) is 21.2 Å². The number of hydrogen-bond donors (Lipinski definition) is 1. The van der Waals surface area contributed by atoms with Gasteiger partial charge in [0.05, 0.1) is 25.0 Å². The highest BCUT2D eigenvalue weighted by atomic mass is 32.3. The van der Waals surface area contributed by atoms with Crippen molar-refractivity contribution in [1.82, 2.24) is 9.58 Å². The topological polar surface area (TPSA) is 126 Å². The number of ether oxygens (including phenoxy) is 2. The van der Waals surface area contributed by atoms with E-state index in [1.54, 1.807) is 13.2 Å². The first kappa shape index (κ1) is 24.8. The molecule has 2 aliphatic heterocycles. The number of amides is 1. The second kappa shape index (κ2) is 9.87. The molecule has 0 aliphatic carbocycles. The van der Waals surface area contributed by atoms with Crippen LogP contribution in [0.15, 0.2) is 70.4 Å². The van der Waals surface area contributed by atoms with Crippen molar-refractivity contribution in [3.8, 4) is 11.5 Å². The molecule has 0 saturated heterocycles. The molecule has 2 aromatic carbocycles. The monoisotopic (exact) mass is 537 g/mol. The van der Waals surface area contributed by atoms with Crippen LogP contribution in [0.25, 0.3) is 17.0 Å². The van der Waals surface area contributed by atoms with Crippen LogP contribution >= 0.6 is 11.8 Å². The Morgan fingerprint density at radius 2 is 1.92 bits per heavy atom. The van der Waals surface area contributed by atoms with E-state index in [9.17, 15) is 13.2 Å². The Morgan fingerprint density at radius 1 is 1.14 bits per heavy atom. The van der Waals surface area contributed by atoms with Crippen molar-refractivity contribution in [2.45, 2.75) is 13.5 Å². The molecule has 1 amide bonds. The maximum atomic E-state index is 12.8. The Labute approximate surface area is 217 Å². The van der Waals surface area contributed by atoms with Crippen LogP contribution in [-0.4, -0.2) is 58.7 Å². The number of para-hydroxylation sites is 1. The highest BCUT2D eigenvalue weighted by Gasteiger charge is 2.39. The number of methoxy groups -OCH3 is 1. The van der Waals surface area contributed by atoms with Gasteiger partial charge in [0.1, 0.15) is 18.1 Å². The summed E-state index contributed by atoms with van der Waals surface area (Å²) in [5.41, 5.74) is 1.69. The number of fused-ring (bicyclic) bond motifs is 2. The van der Waals surface area contributed by atoms with E-state index in [2.05, 4.69) is 10.1 Å². The summed E-state index contributed by atoms with van der Waals surface area (Å²) in [7, 11) is -1.99. The largest absolute Gasteiger partial charge is 0.497 e.